The van der Waals surface area contributed by atoms with Crippen LogP contribution in [0.25, 0.3) is 0 Å². The van der Waals surface area contributed by atoms with Gasteiger partial charge in [0, 0.05) is 19.3 Å². The maximum absolute atomic E-state index is 13.0. The second-order valence-electron chi connectivity index (χ2n) is 22.3. The summed E-state index contributed by atoms with van der Waals surface area (Å²) >= 11 is 0. The Labute approximate surface area is 512 Å². The van der Waals surface area contributed by atoms with Crippen molar-refractivity contribution in [3.63, 3.8) is 0 Å². The molecule has 1 unspecified atom stereocenters. The predicted molar refractivity (Wildman–Crippen MR) is 362 cm³/mol. The molecule has 0 aromatic carbocycles. The van der Waals surface area contributed by atoms with Crippen molar-refractivity contribution in [3.05, 3.63) is 146 Å². The SMILES string of the molecule is CC/C=C\C/C=C\C/C=C\C/C=C\C/C=C\CCCCCCCCCCCC(=O)OCC(COC(=O)CCCC/C=C\C/C=C\C/C=C\C/C=C\CC)OC(=O)CCCCCCCCCCCC/C=C\C/C=C\C/C=C\CCCCCCC. The van der Waals surface area contributed by atoms with E-state index in [9.17, 15) is 14.4 Å². The van der Waals surface area contributed by atoms with Crippen LogP contribution in [0.2, 0.25) is 0 Å². The minimum atomic E-state index is -0.808. The number of hydrogen-bond acceptors (Lipinski definition) is 6. The topological polar surface area (TPSA) is 78.9 Å². The predicted octanol–water partition coefficient (Wildman–Crippen LogP) is 23.9. The summed E-state index contributed by atoms with van der Waals surface area (Å²) < 4.78 is 16.9. The minimum absolute atomic E-state index is 0.100. The Morgan fingerprint density at radius 2 is 0.470 bits per heavy atom. The van der Waals surface area contributed by atoms with Crippen LogP contribution in [0.5, 0.6) is 0 Å². The number of allylic oxidation sites excluding steroid dienone is 24. The number of hydrogen-bond donors (Lipinski definition) is 0. The molecule has 0 N–H and O–H groups in total. The first-order valence-corrected chi connectivity index (χ1v) is 34.3. The van der Waals surface area contributed by atoms with E-state index in [4.69, 9.17) is 14.2 Å². The molecule has 0 amide bonds. The molecule has 0 aliphatic heterocycles. The molecule has 0 aromatic rings. The van der Waals surface area contributed by atoms with Crippen LogP contribution in [0.4, 0.5) is 0 Å². The highest BCUT2D eigenvalue weighted by Gasteiger charge is 2.19. The molecule has 0 saturated heterocycles. The van der Waals surface area contributed by atoms with Crippen molar-refractivity contribution in [2.45, 2.75) is 309 Å². The van der Waals surface area contributed by atoms with Crippen molar-refractivity contribution in [1.82, 2.24) is 0 Å². The van der Waals surface area contributed by atoms with Gasteiger partial charge in [0.2, 0.25) is 0 Å². The Bertz CT molecular complexity index is 1800. The monoisotopic (exact) mass is 1150 g/mol. The Morgan fingerprint density at radius 1 is 0.253 bits per heavy atom. The minimum Gasteiger partial charge on any atom is -0.462 e. The van der Waals surface area contributed by atoms with Gasteiger partial charge in [0.1, 0.15) is 13.2 Å². The van der Waals surface area contributed by atoms with E-state index in [1.165, 1.54) is 128 Å². The summed E-state index contributed by atoms with van der Waals surface area (Å²) in [5.74, 6) is -0.949. The number of rotatable bonds is 61. The summed E-state index contributed by atoms with van der Waals surface area (Å²) in [4.78, 5) is 38.4. The molecule has 470 valence electrons. The summed E-state index contributed by atoms with van der Waals surface area (Å²) in [6.45, 7) is 6.37. The molecular formula is C77H126O6. The maximum atomic E-state index is 13.0. The zero-order valence-corrected chi connectivity index (χ0v) is 53.9. The number of carbonyl (C=O) groups excluding carboxylic acids is 3. The smallest absolute Gasteiger partial charge is 0.306 e. The Kier molecular flexibility index (Phi) is 65.8. The molecule has 0 aromatic heterocycles. The first-order valence-electron chi connectivity index (χ1n) is 34.3. The van der Waals surface area contributed by atoms with Gasteiger partial charge in [-0.15, -0.1) is 0 Å². The third-order valence-corrected chi connectivity index (χ3v) is 14.3. The molecule has 0 saturated carbocycles. The number of carbonyl (C=O) groups is 3. The van der Waals surface area contributed by atoms with Crippen LogP contribution in [0.15, 0.2) is 146 Å². The maximum Gasteiger partial charge on any atom is 0.306 e. The normalized spacial score (nSPS) is 13.0. The highest BCUT2D eigenvalue weighted by Crippen LogP contribution is 2.16. The van der Waals surface area contributed by atoms with Crippen LogP contribution < -0.4 is 0 Å². The van der Waals surface area contributed by atoms with E-state index >= 15 is 0 Å². The summed E-state index contributed by atoms with van der Waals surface area (Å²) in [5, 5.41) is 0. The van der Waals surface area contributed by atoms with E-state index in [2.05, 4.69) is 167 Å². The van der Waals surface area contributed by atoms with E-state index < -0.39 is 6.10 Å². The zero-order chi connectivity index (χ0) is 59.9. The Morgan fingerprint density at radius 3 is 0.759 bits per heavy atom. The second kappa shape index (κ2) is 69.8. The molecule has 0 aliphatic carbocycles. The first kappa shape index (κ1) is 78.3. The van der Waals surface area contributed by atoms with Crippen molar-refractivity contribution in [2.24, 2.45) is 0 Å². The summed E-state index contributed by atoms with van der Waals surface area (Å²) in [5.41, 5.74) is 0. The van der Waals surface area contributed by atoms with Crippen molar-refractivity contribution in [2.75, 3.05) is 13.2 Å². The lowest BCUT2D eigenvalue weighted by molar-refractivity contribution is -0.167. The van der Waals surface area contributed by atoms with E-state index in [-0.39, 0.29) is 31.1 Å². The quantitative estimate of drug-likeness (QED) is 0.0261. The van der Waals surface area contributed by atoms with Crippen LogP contribution in [0.1, 0.15) is 303 Å². The lowest BCUT2D eigenvalue weighted by Gasteiger charge is -2.18. The van der Waals surface area contributed by atoms with Gasteiger partial charge in [-0.25, -0.2) is 0 Å². The van der Waals surface area contributed by atoms with Gasteiger partial charge in [0.15, 0.2) is 6.10 Å². The number of ether oxygens (including phenoxy) is 3. The largest absolute Gasteiger partial charge is 0.462 e. The van der Waals surface area contributed by atoms with Gasteiger partial charge >= 0.3 is 17.9 Å². The average molecular weight is 1150 g/mol. The fourth-order valence-electron chi connectivity index (χ4n) is 9.23. The number of esters is 3. The van der Waals surface area contributed by atoms with Gasteiger partial charge in [0.05, 0.1) is 0 Å². The van der Waals surface area contributed by atoms with Crippen molar-refractivity contribution in [1.29, 1.82) is 0 Å². The van der Waals surface area contributed by atoms with Gasteiger partial charge in [-0.3, -0.25) is 14.4 Å². The van der Waals surface area contributed by atoms with E-state index in [0.717, 1.165) is 135 Å². The standard InChI is InChI=1S/C77H126O6/c1-4-7-10-13-16-19-22-25-28-30-32-34-36-38-40-42-44-46-49-52-55-58-61-64-67-70-76(79)82-73-74(72-81-75(78)69-66-63-60-57-54-51-48-27-24-21-18-15-12-9-6-3)83-77(80)71-68-65-62-59-56-53-50-47-45-43-41-39-37-35-33-31-29-26-23-20-17-14-11-8-5-2/h7,9-10,12,16,18-19,21,23,25-28,31-34,37-40,48,54,57,74H,4-6,8,11,13-15,17,20,22,24,29-30,35-36,41-47,49-53,55-56,58-73H2,1-3H3/b10-7-,12-9-,19-16-,21-18-,26-23-,28-25-,33-31-,34-32-,39-37-,40-38-,48-27-,57-54-. The summed E-state index contributed by atoms with van der Waals surface area (Å²) in [7, 11) is 0. The first-order chi connectivity index (χ1) is 41.0. The molecule has 0 aliphatic rings. The molecular weight excluding hydrogens is 1020 g/mol. The van der Waals surface area contributed by atoms with Crippen LogP contribution in [0, 0.1) is 0 Å². The molecule has 0 heterocycles. The molecule has 0 rings (SSSR count). The van der Waals surface area contributed by atoms with E-state index in [1.54, 1.807) is 0 Å². The highest BCUT2D eigenvalue weighted by atomic mass is 16.6. The third-order valence-electron chi connectivity index (χ3n) is 14.3. The molecule has 6 nitrogen and oxygen atoms in total. The fraction of sp³-hybridized carbons (Fsp3) is 0.649. The van der Waals surface area contributed by atoms with Gasteiger partial charge in [-0.05, 0) is 141 Å². The zero-order valence-electron chi connectivity index (χ0n) is 53.9. The molecule has 6 heteroatoms. The van der Waals surface area contributed by atoms with Gasteiger partial charge in [-0.1, -0.05) is 289 Å². The second-order valence-corrected chi connectivity index (χ2v) is 22.3. The summed E-state index contributed by atoms with van der Waals surface area (Å²) in [6, 6.07) is 0. The van der Waals surface area contributed by atoms with E-state index in [0.29, 0.717) is 19.3 Å². The van der Waals surface area contributed by atoms with Crippen molar-refractivity contribution >= 4 is 17.9 Å². The molecule has 0 bridgehead atoms. The van der Waals surface area contributed by atoms with E-state index in [1.807, 2.05) is 0 Å². The van der Waals surface area contributed by atoms with Crippen molar-refractivity contribution in [3.8, 4) is 0 Å². The fourth-order valence-corrected chi connectivity index (χ4v) is 9.23. The van der Waals surface area contributed by atoms with Crippen LogP contribution in [0.3, 0.4) is 0 Å². The van der Waals surface area contributed by atoms with Gasteiger partial charge < -0.3 is 14.2 Å². The lowest BCUT2D eigenvalue weighted by Crippen LogP contribution is -2.30. The average Bonchev–Trinajstić information content (AvgIpc) is 3.49. The summed E-state index contributed by atoms with van der Waals surface area (Å²) in [6.07, 6.45) is 100. The molecule has 83 heavy (non-hydrogen) atoms. The van der Waals surface area contributed by atoms with Crippen LogP contribution in [-0.2, 0) is 28.6 Å². The lowest BCUT2D eigenvalue weighted by atomic mass is 10.0. The molecule has 0 fully saturated rings. The van der Waals surface area contributed by atoms with Crippen molar-refractivity contribution < 1.29 is 28.6 Å². The number of unbranched alkanes of at least 4 members (excludes halogenated alkanes) is 26. The highest BCUT2D eigenvalue weighted by molar-refractivity contribution is 5.71. The van der Waals surface area contributed by atoms with Gasteiger partial charge in [0.25, 0.3) is 0 Å². The molecule has 0 radical (unpaired) electrons. The molecule has 1 atom stereocenters. The van der Waals surface area contributed by atoms with Gasteiger partial charge in [-0.2, -0.15) is 0 Å². The molecule has 0 spiro atoms. The Balaban J connectivity index is 4.41. The Hall–Kier alpha value is -4.71. The van der Waals surface area contributed by atoms with Crippen LogP contribution in [-0.4, -0.2) is 37.2 Å². The third kappa shape index (κ3) is 68.0. The van der Waals surface area contributed by atoms with Crippen LogP contribution >= 0.6 is 0 Å².